The molecule has 2 aliphatic rings. The monoisotopic (exact) mass is 282 g/mol. The van der Waals surface area contributed by atoms with Gasteiger partial charge < -0.3 is 15.0 Å². The van der Waals surface area contributed by atoms with Crippen molar-refractivity contribution in [3.8, 4) is 11.3 Å². The van der Waals surface area contributed by atoms with Crippen LogP contribution in [0.15, 0.2) is 30.6 Å². The van der Waals surface area contributed by atoms with E-state index in [2.05, 4.69) is 44.5 Å². The predicted octanol–water partition coefficient (Wildman–Crippen LogP) is 1.95. The number of anilines is 2. The Labute approximate surface area is 124 Å². The van der Waals surface area contributed by atoms with Gasteiger partial charge in [-0.3, -0.25) is 0 Å². The Hall–Kier alpha value is -2.14. The van der Waals surface area contributed by atoms with Gasteiger partial charge in [-0.25, -0.2) is 9.97 Å². The van der Waals surface area contributed by atoms with Gasteiger partial charge in [0.2, 0.25) is 0 Å². The zero-order valence-corrected chi connectivity index (χ0v) is 11.9. The number of fused-ring (bicyclic) bond motifs is 3. The van der Waals surface area contributed by atoms with Crippen LogP contribution < -0.4 is 10.2 Å². The van der Waals surface area contributed by atoms with Gasteiger partial charge in [-0.2, -0.15) is 0 Å². The second-order valence-electron chi connectivity index (χ2n) is 5.35. The summed E-state index contributed by atoms with van der Waals surface area (Å²) in [7, 11) is 0. The molecule has 0 spiro atoms. The van der Waals surface area contributed by atoms with E-state index in [1.165, 1.54) is 11.1 Å². The van der Waals surface area contributed by atoms with Gasteiger partial charge in [-0.1, -0.05) is 18.2 Å². The van der Waals surface area contributed by atoms with Gasteiger partial charge in [0.1, 0.15) is 12.1 Å². The predicted molar refractivity (Wildman–Crippen MR) is 82.7 cm³/mol. The Balaban J connectivity index is 1.83. The van der Waals surface area contributed by atoms with Crippen LogP contribution in [0.4, 0.5) is 11.5 Å². The van der Waals surface area contributed by atoms with Crippen molar-refractivity contribution >= 4 is 11.5 Å². The molecule has 0 unspecified atom stereocenters. The van der Waals surface area contributed by atoms with E-state index in [1.54, 1.807) is 6.33 Å². The third-order valence-corrected chi connectivity index (χ3v) is 4.11. The van der Waals surface area contributed by atoms with E-state index in [0.29, 0.717) is 0 Å². The van der Waals surface area contributed by atoms with Gasteiger partial charge in [0.05, 0.1) is 18.9 Å². The fraction of sp³-hybridized carbons (Fsp3) is 0.375. The maximum absolute atomic E-state index is 5.45. The van der Waals surface area contributed by atoms with Crippen molar-refractivity contribution in [1.82, 2.24) is 9.97 Å². The molecule has 1 saturated heterocycles. The SMILES string of the molecule is c1ccc2c(c1)NCCc1c-2ncnc1N1CCOCC1. The van der Waals surface area contributed by atoms with Gasteiger partial charge in [0.15, 0.2) is 0 Å². The lowest BCUT2D eigenvalue weighted by molar-refractivity contribution is 0.122. The molecule has 0 amide bonds. The van der Waals surface area contributed by atoms with Crippen molar-refractivity contribution < 1.29 is 4.74 Å². The number of aromatic nitrogens is 2. The van der Waals surface area contributed by atoms with Gasteiger partial charge in [0.25, 0.3) is 0 Å². The van der Waals surface area contributed by atoms with Crippen LogP contribution in [0, 0.1) is 0 Å². The first-order valence-electron chi connectivity index (χ1n) is 7.43. The summed E-state index contributed by atoms with van der Waals surface area (Å²) in [6.07, 6.45) is 2.63. The number of morpholine rings is 1. The fourth-order valence-electron chi connectivity index (χ4n) is 3.08. The maximum Gasteiger partial charge on any atom is 0.136 e. The second-order valence-corrected chi connectivity index (χ2v) is 5.35. The molecule has 1 aromatic carbocycles. The average Bonchev–Trinajstić information content (AvgIpc) is 2.75. The number of para-hydroxylation sites is 1. The third kappa shape index (κ3) is 2.23. The normalized spacial score (nSPS) is 17.4. The Kier molecular flexibility index (Phi) is 3.20. The molecular formula is C16H18N4O. The highest BCUT2D eigenvalue weighted by Gasteiger charge is 2.22. The van der Waals surface area contributed by atoms with Crippen LogP contribution >= 0.6 is 0 Å². The lowest BCUT2D eigenvalue weighted by Crippen LogP contribution is -2.37. The van der Waals surface area contributed by atoms with Crippen LogP contribution in [0.1, 0.15) is 5.56 Å². The molecule has 0 saturated carbocycles. The molecule has 4 rings (SSSR count). The number of hydrogen-bond acceptors (Lipinski definition) is 5. The van der Waals surface area contributed by atoms with Gasteiger partial charge in [-0.05, 0) is 12.5 Å². The molecule has 1 fully saturated rings. The quantitative estimate of drug-likeness (QED) is 0.866. The standard InChI is InChI=1S/C16H18N4O/c1-2-4-14-12(3-1)15-13(5-6-17-14)16(19-11-18-15)20-7-9-21-10-8-20/h1-4,11,17H,5-10H2. The van der Waals surface area contributed by atoms with E-state index in [9.17, 15) is 0 Å². The van der Waals surface area contributed by atoms with Crippen molar-refractivity contribution in [3.05, 3.63) is 36.2 Å². The van der Waals surface area contributed by atoms with E-state index in [1.807, 2.05) is 0 Å². The molecule has 21 heavy (non-hydrogen) atoms. The third-order valence-electron chi connectivity index (χ3n) is 4.11. The summed E-state index contributed by atoms with van der Waals surface area (Å²) in [5.74, 6) is 1.07. The lowest BCUT2D eigenvalue weighted by Gasteiger charge is -2.29. The molecule has 2 aliphatic heterocycles. The summed E-state index contributed by atoms with van der Waals surface area (Å²) in [6.45, 7) is 4.26. The van der Waals surface area contributed by atoms with E-state index in [4.69, 9.17) is 4.74 Å². The zero-order chi connectivity index (χ0) is 14.1. The van der Waals surface area contributed by atoms with Gasteiger partial charge in [0, 0.05) is 36.4 Å². The highest BCUT2D eigenvalue weighted by Crippen LogP contribution is 2.35. The minimum Gasteiger partial charge on any atom is -0.384 e. The van der Waals surface area contributed by atoms with Crippen molar-refractivity contribution in [2.45, 2.75) is 6.42 Å². The van der Waals surface area contributed by atoms with Crippen LogP contribution in [-0.2, 0) is 11.2 Å². The second kappa shape index (κ2) is 5.33. The Bertz CT molecular complexity index is 652. The van der Waals surface area contributed by atoms with Crippen molar-refractivity contribution in [3.63, 3.8) is 0 Å². The molecule has 0 atom stereocenters. The Morgan fingerprint density at radius 1 is 1.10 bits per heavy atom. The molecule has 2 aromatic rings. The molecular weight excluding hydrogens is 264 g/mol. The molecule has 0 aliphatic carbocycles. The van der Waals surface area contributed by atoms with Crippen LogP contribution in [0.3, 0.4) is 0 Å². The van der Waals surface area contributed by atoms with Crippen LogP contribution in [-0.4, -0.2) is 42.8 Å². The van der Waals surface area contributed by atoms with Crippen LogP contribution in [0.25, 0.3) is 11.3 Å². The number of nitrogens with zero attached hydrogens (tertiary/aromatic N) is 3. The number of hydrogen-bond donors (Lipinski definition) is 1. The molecule has 1 N–H and O–H groups in total. The Morgan fingerprint density at radius 3 is 2.86 bits per heavy atom. The number of nitrogens with one attached hydrogen (secondary N) is 1. The minimum atomic E-state index is 0.771. The summed E-state index contributed by atoms with van der Waals surface area (Å²) >= 11 is 0. The first kappa shape index (κ1) is 12.6. The molecule has 1 aromatic heterocycles. The molecule has 3 heterocycles. The topological polar surface area (TPSA) is 50.3 Å². The summed E-state index contributed by atoms with van der Waals surface area (Å²) in [5, 5.41) is 3.49. The lowest BCUT2D eigenvalue weighted by atomic mass is 10.0. The zero-order valence-electron chi connectivity index (χ0n) is 11.9. The van der Waals surface area contributed by atoms with Crippen LogP contribution in [0.5, 0.6) is 0 Å². The molecule has 5 nitrogen and oxygen atoms in total. The summed E-state index contributed by atoms with van der Waals surface area (Å²) in [5.41, 5.74) is 4.63. The van der Waals surface area contributed by atoms with E-state index in [0.717, 1.165) is 56.5 Å². The largest absolute Gasteiger partial charge is 0.384 e. The van der Waals surface area contributed by atoms with E-state index in [-0.39, 0.29) is 0 Å². The van der Waals surface area contributed by atoms with E-state index >= 15 is 0 Å². The van der Waals surface area contributed by atoms with Gasteiger partial charge in [-0.15, -0.1) is 0 Å². The van der Waals surface area contributed by atoms with Crippen molar-refractivity contribution in [2.24, 2.45) is 0 Å². The number of benzene rings is 1. The summed E-state index contributed by atoms with van der Waals surface area (Å²) < 4.78 is 5.45. The van der Waals surface area contributed by atoms with E-state index < -0.39 is 0 Å². The Morgan fingerprint density at radius 2 is 1.95 bits per heavy atom. The number of rotatable bonds is 1. The summed E-state index contributed by atoms with van der Waals surface area (Å²) in [6, 6.07) is 8.36. The molecule has 5 heteroatoms. The van der Waals surface area contributed by atoms with Crippen molar-refractivity contribution in [1.29, 1.82) is 0 Å². The fourth-order valence-corrected chi connectivity index (χ4v) is 3.08. The average molecular weight is 282 g/mol. The highest BCUT2D eigenvalue weighted by molar-refractivity contribution is 5.81. The minimum absolute atomic E-state index is 0.771. The first-order valence-corrected chi connectivity index (χ1v) is 7.43. The maximum atomic E-state index is 5.45. The summed E-state index contributed by atoms with van der Waals surface area (Å²) in [4.78, 5) is 11.4. The highest BCUT2D eigenvalue weighted by atomic mass is 16.5. The molecule has 0 bridgehead atoms. The van der Waals surface area contributed by atoms with Gasteiger partial charge >= 0.3 is 0 Å². The number of ether oxygens (including phenoxy) is 1. The van der Waals surface area contributed by atoms with Crippen molar-refractivity contribution in [2.75, 3.05) is 43.1 Å². The molecule has 108 valence electrons. The molecule has 0 radical (unpaired) electrons. The first-order chi connectivity index (χ1) is 10.4. The smallest absolute Gasteiger partial charge is 0.136 e. The van der Waals surface area contributed by atoms with Crippen LogP contribution in [0.2, 0.25) is 0 Å².